The lowest BCUT2D eigenvalue weighted by Gasteiger charge is -2.12. The molecule has 0 saturated carbocycles. The second-order valence-corrected chi connectivity index (χ2v) is 16.7. The average Bonchev–Trinajstić information content (AvgIpc) is 3.95. The third kappa shape index (κ3) is 6.18. The zero-order valence-corrected chi connectivity index (χ0v) is 34.3. The summed E-state index contributed by atoms with van der Waals surface area (Å²) in [4.78, 5) is 10.5. The molecule has 4 aromatic heterocycles. The minimum atomic E-state index is 0.667. The number of rotatable bonds is 7. The van der Waals surface area contributed by atoms with Gasteiger partial charge in [-0.3, -0.25) is 0 Å². The Kier molecular flexibility index (Phi) is 8.65. The summed E-state index contributed by atoms with van der Waals surface area (Å²) in [6.45, 7) is 0. The van der Waals surface area contributed by atoms with Gasteiger partial charge in [0.2, 0.25) is 0 Å². The molecule has 0 spiro atoms. The van der Waals surface area contributed by atoms with Crippen molar-refractivity contribution in [2.75, 3.05) is 0 Å². The quantitative estimate of drug-likeness (QED) is 0.161. The van der Waals surface area contributed by atoms with Crippen molar-refractivity contribution in [3.8, 4) is 78.7 Å². The van der Waals surface area contributed by atoms with Crippen LogP contribution in [0.1, 0.15) is 0 Å². The molecule has 0 atom stereocenters. The van der Waals surface area contributed by atoms with E-state index in [2.05, 4.69) is 217 Å². The van der Waals surface area contributed by atoms with E-state index in [4.69, 9.17) is 15.1 Å². The average molecular weight is 809 g/mol. The summed E-state index contributed by atoms with van der Waals surface area (Å²) in [5.74, 6) is 0.667. The summed E-state index contributed by atoms with van der Waals surface area (Å²) in [7, 11) is 0. The van der Waals surface area contributed by atoms with Gasteiger partial charge in [0.05, 0.1) is 22.6 Å². The maximum atomic E-state index is 5.45. The fourth-order valence-corrected chi connectivity index (χ4v) is 10.0. The second-order valence-electron chi connectivity index (χ2n) is 15.6. The van der Waals surface area contributed by atoms with Crippen LogP contribution in [-0.2, 0) is 0 Å². The van der Waals surface area contributed by atoms with E-state index in [0.29, 0.717) is 5.82 Å². The first-order valence-electron chi connectivity index (χ1n) is 20.9. The molecule has 62 heavy (non-hydrogen) atoms. The van der Waals surface area contributed by atoms with Crippen molar-refractivity contribution in [3.63, 3.8) is 0 Å². The van der Waals surface area contributed by atoms with Gasteiger partial charge in [0.1, 0.15) is 5.69 Å². The Morgan fingerprint density at radius 1 is 0.387 bits per heavy atom. The molecule has 290 valence electrons. The first kappa shape index (κ1) is 35.9. The van der Waals surface area contributed by atoms with Crippen LogP contribution in [0.3, 0.4) is 0 Å². The summed E-state index contributed by atoms with van der Waals surface area (Å²) >= 11 is 1.84. The number of benzene rings is 8. The van der Waals surface area contributed by atoms with Gasteiger partial charge in [-0.25, -0.2) is 14.5 Å². The summed E-state index contributed by atoms with van der Waals surface area (Å²) in [6, 6.07) is 77.2. The Labute approximate surface area is 362 Å². The zero-order valence-electron chi connectivity index (χ0n) is 33.5. The molecular weight excluding hydrogens is 773 g/mol. The van der Waals surface area contributed by atoms with E-state index in [1.54, 1.807) is 0 Å². The van der Waals surface area contributed by atoms with Gasteiger partial charge in [0.15, 0.2) is 5.82 Å². The smallest absolute Gasteiger partial charge is 0.160 e. The van der Waals surface area contributed by atoms with Crippen LogP contribution in [-0.4, -0.2) is 19.6 Å². The molecule has 0 fully saturated rings. The normalized spacial score (nSPS) is 11.5. The lowest BCUT2D eigenvalue weighted by Crippen LogP contribution is -1.96. The molecule has 0 bridgehead atoms. The van der Waals surface area contributed by atoms with E-state index >= 15 is 0 Å². The molecule has 12 aromatic rings. The van der Waals surface area contributed by atoms with Gasteiger partial charge in [0.25, 0.3) is 0 Å². The number of thiophene rings is 1. The molecule has 0 saturated heterocycles. The van der Waals surface area contributed by atoms with E-state index in [1.807, 2.05) is 17.4 Å². The number of hydrogen-bond donors (Lipinski definition) is 0. The van der Waals surface area contributed by atoms with Crippen molar-refractivity contribution in [2.45, 2.75) is 0 Å². The van der Waals surface area contributed by atoms with Crippen LogP contribution in [0.4, 0.5) is 0 Å². The molecule has 0 amide bonds. The summed E-state index contributed by atoms with van der Waals surface area (Å²) < 4.78 is 4.72. The van der Waals surface area contributed by atoms with Crippen molar-refractivity contribution < 1.29 is 0 Å². The van der Waals surface area contributed by atoms with Crippen molar-refractivity contribution >= 4 is 47.8 Å². The molecule has 0 aliphatic rings. The van der Waals surface area contributed by atoms with Crippen LogP contribution in [0.25, 0.3) is 115 Å². The lowest BCUT2D eigenvalue weighted by atomic mass is 9.96. The van der Waals surface area contributed by atoms with Gasteiger partial charge in [-0.15, -0.1) is 11.3 Å². The van der Waals surface area contributed by atoms with Crippen LogP contribution in [0.5, 0.6) is 0 Å². The Morgan fingerprint density at radius 2 is 0.968 bits per heavy atom. The van der Waals surface area contributed by atoms with Gasteiger partial charge >= 0.3 is 0 Å². The van der Waals surface area contributed by atoms with Crippen LogP contribution >= 0.6 is 11.3 Å². The van der Waals surface area contributed by atoms with Gasteiger partial charge in [-0.1, -0.05) is 188 Å². The van der Waals surface area contributed by atoms with Crippen molar-refractivity contribution in [3.05, 3.63) is 218 Å². The SMILES string of the molecule is c1ccc(-c2cc(-c3cccc(-c4cccc5sc6ccccc6c45)c3)nc(-c3ccc(-c4nn5c(-c6ccccc6)cc6ccccc6c5c4-c4ccccc4)cc3)n2)cc1. The largest absolute Gasteiger partial charge is 0.231 e. The van der Waals surface area contributed by atoms with E-state index in [0.717, 1.165) is 78.2 Å². The van der Waals surface area contributed by atoms with Crippen LogP contribution in [0, 0.1) is 0 Å². The van der Waals surface area contributed by atoms with Gasteiger partial charge < -0.3 is 0 Å². The Hall–Kier alpha value is -7.99. The first-order valence-corrected chi connectivity index (χ1v) is 21.7. The van der Waals surface area contributed by atoms with Gasteiger partial charge in [-0.2, -0.15) is 5.10 Å². The highest BCUT2D eigenvalue weighted by molar-refractivity contribution is 7.25. The van der Waals surface area contributed by atoms with Crippen LogP contribution in [0.15, 0.2) is 218 Å². The molecular formula is C57H36N4S. The van der Waals surface area contributed by atoms with Gasteiger partial charge in [0, 0.05) is 58.9 Å². The standard InChI is InChI=1S/C57H36N4S/c1-4-16-37(17-5-1)48-36-49(44-24-14-23-42(34-44)45-27-15-29-52-54(45)47-26-12-13-28-51(47)62-52)59-57(58-48)41-32-30-40(31-33-41)55-53(39-20-8-3-9-21-39)56-46-25-11-10-22-43(46)35-50(61(56)60-55)38-18-6-2-7-19-38/h1-36H. The minimum absolute atomic E-state index is 0.667. The van der Waals surface area contributed by atoms with Crippen molar-refractivity contribution in [1.29, 1.82) is 0 Å². The van der Waals surface area contributed by atoms with Crippen LogP contribution in [0.2, 0.25) is 0 Å². The highest BCUT2D eigenvalue weighted by Gasteiger charge is 2.22. The molecule has 4 nitrogen and oxygen atoms in total. The zero-order chi connectivity index (χ0) is 41.0. The molecule has 0 N–H and O–H groups in total. The van der Waals surface area contributed by atoms with E-state index in [9.17, 15) is 0 Å². The molecule has 12 rings (SSSR count). The summed E-state index contributed by atoms with van der Waals surface area (Å²) in [6.07, 6.45) is 0. The Balaban J connectivity index is 1.00. The summed E-state index contributed by atoms with van der Waals surface area (Å²) in [5, 5.41) is 10.4. The highest BCUT2D eigenvalue weighted by atomic mass is 32.1. The van der Waals surface area contributed by atoms with Crippen molar-refractivity contribution in [1.82, 2.24) is 19.6 Å². The number of hydrogen-bond acceptors (Lipinski definition) is 4. The third-order valence-corrected chi connectivity index (χ3v) is 13.0. The van der Waals surface area contributed by atoms with E-state index in [-0.39, 0.29) is 0 Å². The maximum absolute atomic E-state index is 5.45. The van der Waals surface area contributed by atoms with E-state index < -0.39 is 0 Å². The maximum Gasteiger partial charge on any atom is 0.160 e. The number of pyridine rings is 1. The Morgan fingerprint density at radius 3 is 1.74 bits per heavy atom. The molecule has 0 radical (unpaired) electrons. The molecule has 0 aliphatic heterocycles. The summed E-state index contributed by atoms with van der Waals surface area (Å²) in [5.41, 5.74) is 14.5. The van der Waals surface area contributed by atoms with Crippen LogP contribution < -0.4 is 0 Å². The third-order valence-electron chi connectivity index (χ3n) is 11.8. The predicted molar refractivity (Wildman–Crippen MR) is 259 cm³/mol. The fraction of sp³-hybridized carbons (Fsp3) is 0. The van der Waals surface area contributed by atoms with Gasteiger partial charge in [-0.05, 0) is 52.4 Å². The lowest BCUT2D eigenvalue weighted by molar-refractivity contribution is 0.979. The molecule has 5 heteroatoms. The molecule has 8 aromatic carbocycles. The first-order chi connectivity index (χ1) is 30.7. The predicted octanol–water partition coefficient (Wildman–Crippen LogP) is 15.3. The fourth-order valence-electron chi connectivity index (χ4n) is 8.90. The van der Waals surface area contributed by atoms with Crippen molar-refractivity contribution in [2.24, 2.45) is 0 Å². The molecule has 0 unspecified atom stereocenters. The number of fused-ring (bicyclic) bond motifs is 6. The molecule has 0 aliphatic carbocycles. The van der Waals surface area contributed by atoms with E-state index in [1.165, 1.54) is 31.1 Å². The molecule has 4 heterocycles. The monoisotopic (exact) mass is 808 g/mol. The highest BCUT2D eigenvalue weighted by Crippen LogP contribution is 2.43. The Bertz CT molecular complexity index is 3610. The topological polar surface area (TPSA) is 43.1 Å². The number of nitrogens with zero attached hydrogens (tertiary/aromatic N) is 4. The number of aromatic nitrogens is 4. The minimum Gasteiger partial charge on any atom is -0.231 e. The second kappa shape index (κ2) is 14.9.